The number of hydrogen-bond acceptors (Lipinski definition) is 3. The summed E-state index contributed by atoms with van der Waals surface area (Å²) in [5.74, 6) is 0. The number of hydrogen-bond donors (Lipinski definition) is 1. The van der Waals surface area contributed by atoms with Crippen LogP contribution in [0.4, 0.5) is 0 Å². The van der Waals surface area contributed by atoms with Gasteiger partial charge in [0.25, 0.3) is 0 Å². The molecule has 1 atom stereocenters. The number of nitrogens with one attached hydrogen (secondary N) is 1. The predicted octanol–water partition coefficient (Wildman–Crippen LogP) is 4.56. The van der Waals surface area contributed by atoms with E-state index in [4.69, 9.17) is 11.6 Å². The highest BCUT2D eigenvalue weighted by Gasteiger charge is 2.11. The fraction of sp³-hybridized carbons (Fsp3) is 0.267. The van der Waals surface area contributed by atoms with E-state index in [9.17, 15) is 0 Å². The van der Waals surface area contributed by atoms with Gasteiger partial charge >= 0.3 is 0 Å². The summed E-state index contributed by atoms with van der Waals surface area (Å²) < 4.78 is 0. The average molecular weight is 293 g/mol. The topological polar surface area (TPSA) is 24.9 Å². The molecule has 0 saturated heterocycles. The molecule has 1 N–H and O–H groups in total. The van der Waals surface area contributed by atoms with E-state index in [1.807, 2.05) is 36.5 Å². The van der Waals surface area contributed by atoms with Crippen LogP contribution in [-0.2, 0) is 0 Å². The first-order valence-electron chi connectivity index (χ1n) is 6.32. The van der Waals surface area contributed by atoms with Crippen LogP contribution in [0, 0.1) is 0 Å². The molecule has 0 aliphatic heterocycles. The van der Waals surface area contributed by atoms with Crippen LogP contribution in [0.15, 0.2) is 52.5 Å². The lowest BCUT2D eigenvalue weighted by molar-refractivity contribution is 0.585. The molecule has 100 valence electrons. The Morgan fingerprint density at radius 2 is 2.16 bits per heavy atom. The van der Waals surface area contributed by atoms with E-state index in [0.29, 0.717) is 6.04 Å². The first-order valence-corrected chi connectivity index (χ1v) is 7.52. The fourth-order valence-electron chi connectivity index (χ4n) is 1.88. The van der Waals surface area contributed by atoms with Crippen molar-refractivity contribution in [2.75, 3.05) is 6.54 Å². The molecule has 0 bridgehead atoms. The van der Waals surface area contributed by atoms with Gasteiger partial charge in [0.1, 0.15) is 5.03 Å². The molecule has 4 heteroatoms. The lowest BCUT2D eigenvalue weighted by Crippen LogP contribution is -2.18. The summed E-state index contributed by atoms with van der Waals surface area (Å²) in [6, 6.07) is 12.2. The molecule has 0 spiro atoms. The second-order valence-electron chi connectivity index (χ2n) is 4.24. The van der Waals surface area contributed by atoms with Crippen LogP contribution >= 0.6 is 23.4 Å². The molecule has 2 nitrogen and oxygen atoms in total. The Labute approximate surface area is 123 Å². The van der Waals surface area contributed by atoms with Crippen LogP contribution in [0.5, 0.6) is 0 Å². The van der Waals surface area contributed by atoms with Crippen LogP contribution < -0.4 is 5.32 Å². The Hall–Kier alpha value is -1.03. The molecule has 1 aromatic heterocycles. The quantitative estimate of drug-likeness (QED) is 0.874. The second kappa shape index (κ2) is 6.94. The zero-order valence-corrected chi connectivity index (χ0v) is 12.6. The van der Waals surface area contributed by atoms with Gasteiger partial charge in [-0.1, -0.05) is 42.4 Å². The third kappa shape index (κ3) is 3.96. The monoisotopic (exact) mass is 292 g/mol. The van der Waals surface area contributed by atoms with Crippen molar-refractivity contribution in [3.8, 4) is 0 Å². The largest absolute Gasteiger partial charge is 0.310 e. The second-order valence-corrected chi connectivity index (χ2v) is 5.74. The Morgan fingerprint density at radius 3 is 2.89 bits per heavy atom. The van der Waals surface area contributed by atoms with E-state index in [1.165, 1.54) is 5.56 Å². The van der Waals surface area contributed by atoms with Crippen LogP contribution in [0.25, 0.3) is 0 Å². The maximum absolute atomic E-state index is 6.02. The molecule has 19 heavy (non-hydrogen) atoms. The van der Waals surface area contributed by atoms with Crippen molar-refractivity contribution in [2.24, 2.45) is 0 Å². The van der Waals surface area contributed by atoms with E-state index in [1.54, 1.807) is 11.8 Å². The van der Waals surface area contributed by atoms with Crippen molar-refractivity contribution >= 4 is 23.4 Å². The smallest absolute Gasteiger partial charge is 0.105 e. The Kier molecular flexibility index (Phi) is 5.25. The summed E-state index contributed by atoms with van der Waals surface area (Å²) >= 11 is 7.66. The highest BCUT2D eigenvalue weighted by atomic mass is 35.5. The number of rotatable bonds is 5. The third-order valence-corrected chi connectivity index (χ3v) is 4.05. The molecule has 0 radical (unpaired) electrons. The number of pyridine rings is 1. The van der Waals surface area contributed by atoms with E-state index in [2.05, 4.69) is 30.2 Å². The number of nitrogens with zero attached hydrogens (tertiary/aromatic N) is 1. The molecule has 0 aliphatic carbocycles. The predicted molar refractivity (Wildman–Crippen MR) is 81.9 cm³/mol. The van der Waals surface area contributed by atoms with Crippen LogP contribution in [0.1, 0.15) is 25.5 Å². The summed E-state index contributed by atoms with van der Waals surface area (Å²) in [5.41, 5.74) is 1.22. The molecule has 0 fully saturated rings. The minimum absolute atomic E-state index is 0.292. The molecule has 1 unspecified atom stereocenters. The maximum Gasteiger partial charge on any atom is 0.105 e. The molecule has 2 aromatic rings. The maximum atomic E-state index is 6.02. The van der Waals surface area contributed by atoms with Gasteiger partial charge in [0.2, 0.25) is 0 Å². The van der Waals surface area contributed by atoms with Gasteiger partial charge in [0.15, 0.2) is 0 Å². The van der Waals surface area contributed by atoms with Crippen molar-refractivity contribution in [3.05, 3.63) is 53.2 Å². The van der Waals surface area contributed by atoms with Crippen molar-refractivity contribution < 1.29 is 0 Å². The van der Waals surface area contributed by atoms with Crippen molar-refractivity contribution in [1.29, 1.82) is 0 Å². The molecule has 0 amide bonds. The lowest BCUT2D eigenvalue weighted by atomic mass is 10.1. The molecule has 1 aromatic carbocycles. The van der Waals surface area contributed by atoms with E-state index in [-0.39, 0.29) is 0 Å². The van der Waals surface area contributed by atoms with Crippen molar-refractivity contribution in [1.82, 2.24) is 10.3 Å². The van der Waals surface area contributed by atoms with Crippen molar-refractivity contribution in [3.63, 3.8) is 0 Å². The lowest BCUT2D eigenvalue weighted by Gasteiger charge is -2.15. The first kappa shape index (κ1) is 14.4. The van der Waals surface area contributed by atoms with Gasteiger partial charge in [-0.25, -0.2) is 4.98 Å². The van der Waals surface area contributed by atoms with Gasteiger partial charge in [-0.15, -0.1) is 0 Å². The molecular formula is C15H17ClN2S. The SMILES string of the molecule is CCNC(C)c1cccnc1Sc1cccc(Cl)c1. The number of halogens is 1. The van der Waals surface area contributed by atoms with E-state index < -0.39 is 0 Å². The standard InChI is InChI=1S/C15H17ClN2S/c1-3-17-11(2)14-8-5-9-18-15(14)19-13-7-4-6-12(16)10-13/h4-11,17H,3H2,1-2H3. The van der Waals surface area contributed by atoms with Gasteiger partial charge < -0.3 is 5.32 Å². The number of benzene rings is 1. The Morgan fingerprint density at radius 1 is 1.32 bits per heavy atom. The third-order valence-electron chi connectivity index (χ3n) is 2.79. The van der Waals surface area contributed by atoms with Crippen LogP contribution in [-0.4, -0.2) is 11.5 Å². The highest BCUT2D eigenvalue weighted by molar-refractivity contribution is 7.99. The van der Waals surface area contributed by atoms with E-state index >= 15 is 0 Å². The zero-order chi connectivity index (χ0) is 13.7. The van der Waals surface area contributed by atoms with Gasteiger partial charge in [0.05, 0.1) is 0 Å². The van der Waals surface area contributed by atoms with Gasteiger partial charge in [-0.05, 0) is 37.7 Å². The van der Waals surface area contributed by atoms with Gasteiger partial charge in [-0.2, -0.15) is 0 Å². The van der Waals surface area contributed by atoms with Crippen molar-refractivity contribution in [2.45, 2.75) is 29.8 Å². The van der Waals surface area contributed by atoms with E-state index in [0.717, 1.165) is 21.5 Å². The Bertz CT molecular complexity index is 545. The summed E-state index contributed by atoms with van der Waals surface area (Å²) in [4.78, 5) is 5.59. The minimum atomic E-state index is 0.292. The highest BCUT2D eigenvalue weighted by Crippen LogP contribution is 2.32. The molecule has 0 aliphatic rings. The number of aromatic nitrogens is 1. The summed E-state index contributed by atoms with van der Waals surface area (Å²) in [6.07, 6.45) is 1.83. The summed E-state index contributed by atoms with van der Waals surface area (Å²) in [5, 5.41) is 5.20. The van der Waals surface area contributed by atoms with Gasteiger partial charge in [-0.3, -0.25) is 0 Å². The van der Waals surface area contributed by atoms with Crippen LogP contribution in [0.2, 0.25) is 5.02 Å². The van der Waals surface area contributed by atoms with Gasteiger partial charge in [0, 0.05) is 27.7 Å². The molecule has 2 rings (SSSR count). The summed E-state index contributed by atoms with van der Waals surface area (Å²) in [6.45, 7) is 5.20. The normalized spacial score (nSPS) is 12.4. The Balaban J connectivity index is 2.25. The molecule has 1 heterocycles. The minimum Gasteiger partial charge on any atom is -0.310 e. The first-order chi connectivity index (χ1) is 9.20. The molecule has 0 saturated carbocycles. The fourth-order valence-corrected chi connectivity index (χ4v) is 3.16. The zero-order valence-electron chi connectivity index (χ0n) is 11.1. The summed E-state index contributed by atoms with van der Waals surface area (Å²) in [7, 11) is 0. The van der Waals surface area contributed by atoms with Crippen LogP contribution in [0.3, 0.4) is 0 Å². The molecular weight excluding hydrogens is 276 g/mol. The average Bonchev–Trinajstić information content (AvgIpc) is 2.39.